The maximum atomic E-state index is 9.98. The molecule has 0 aliphatic heterocycles. The summed E-state index contributed by atoms with van der Waals surface area (Å²) in [5, 5.41) is 7.89. The van der Waals surface area contributed by atoms with Crippen LogP contribution in [-0.2, 0) is 20.6 Å². The van der Waals surface area contributed by atoms with Crippen LogP contribution in [0.15, 0.2) is 0 Å². The summed E-state index contributed by atoms with van der Waals surface area (Å²) in [6, 6.07) is 0. The zero-order chi connectivity index (χ0) is 10.2. The number of carbonyl (C=O) groups is 1. The third-order valence-electron chi connectivity index (χ3n) is 0.575. The van der Waals surface area contributed by atoms with Gasteiger partial charge in [-0.25, -0.2) is 4.79 Å². The van der Waals surface area contributed by atoms with E-state index in [0.29, 0.717) is 0 Å². The van der Waals surface area contributed by atoms with Crippen LogP contribution in [-0.4, -0.2) is 40.9 Å². The topological polar surface area (TPSA) is 149 Å². The summed E-state index contributed by atoms with van der Waals surface area (Å²) in [6.45, 7) is 0. The average Bonchev–Trinajstić information content (AvgIpc) is 1.49. The molecular formula is CH3NO8S2. The molecule has 1 amide bonds. The molecule has 0 bridgehead atoms. The van der Waals surface area contributed by atoms with Crippen LogP contribution in [0.5, 0.6) is 0 Å². The zero-order valence-electron chi connectivity index (χ0n) is 5.15. The maximum Gasteiger partial charge on any atom is 0.439 e. The van der Waals surface area contributed by atoms with E-state index in [1.807, 2.05) is 0 Å². The first-order valence-corrected chi connectivity index (χ1v) is 4.84. The van der Waals surface area contributed by atoms with E-state index in [1.165, 1.54) is 0 Å². The molecule has 0 heterocycles. The van der Waals surface area contributed by atoms with E-state index in [4.69, 9.17) is 14.2 Å². The highest BCUT2D eigenvalue weighted by Crippen LogP contribution is 2.03. The van der Waals surface area contributed by atoms with Crippen molar-refractivity contribution in [3.63, 3.8) is 0 Å². The number of amides is 1. The lowest BCUT2D eigenvalue weighted by Crippen LogP contribution is -2.39. The highest BCUT2D eigenvalue weighted by atomic mass is 32.3. The Morgan fingerprint density at radius 1 is 1.00 bits per heavy atom. The Labute approximate surface area is 67.0 Å². The van der Waals surface area contributed by atoms with Crippen molar-refractivity contribution in [1.29, 1.82) is 0 Å². The monoisotopic (exact) mass is 221 g/mol. The van der Waals surface area contributed by atoms with Crippen molar-refractivity contribution in [3.8, 4) is 0 Å². The van der Waals surface area contributed by atoms with Gasteiger partial charge < -0.3 is 5.11 Å². The van der Waals surface area contributed by atoms with Crippen LogP contribution < -0.4 is 0 Å². The van der Waals surface area contributed by atoms with Crippen LogP contribution >= 0.6 is 0 Å². The van der Waals surface area contributed by atoms with Gasteiger partial charge in [-0.2, -0.15) is 16.8 Å². The quantitative estimate of drug-likeness (QED) is 0.480. The molecule has 0 aromatic carbocycles. The molecule has 0 saturated heterocycles. The molecule has 72 valence electrons. The third kappa shape index (κ3) is 2.61. The molecule has 11 heteroatoms. The SMILES string of the molecule is O=C(O)N(S(=O)(=O)O)S(=O)(=O)O. The fraction of sp³-hybridized carbons (Fsp3) is 0. The minimum atomic E-state index is -5.53. The maximum absolute atomic E-state index is 9.98. The Bertz CT molecular complexity index is 341. The lowest BCUT2D eigenvalue weighted by Gasteiger charge is -2.09. The molecule has 3 N–H and O–H groups in total. The predicted octanol–water partition coefficient (Wildman–Crippen LogP) is -1.43. The van der Waals surface area contributed by atoms with Gasteiger partial charge in [0.2, 0.25) is 0 Å². The van der Waals surface area contributed by atoms with E-state index >= 15 is 0 Å². The highest BCUT2D eigenvalue weighted by molar-refractivity contribution is 7.99. The van der Waals surface area contributed by atoms with Gasteiger partial charge in [0.15, 0.2) is 0 Å². The van der Waals surface area contributed by atoms with Crippen molar-refractivity contribution in [3.05, 3.63) is 0 Å². The van der Waals surface area contributed by atoms with E-state index in [9.17, 15) is 21.6 Å². The number of nitrogens with zero attached hydrogens (tertiary/aromatic N) is 1. The van der Waals surface area contributed by atoms with Crippen LogP contribution in [0.3, 0.4) is 0 Å². The van der Waals surface area contributed by atoms with Crippen molar-refractivity contribution >= 4 is 26.7 Å². The summed E-state index contributed by atoms with van der Waals surface area (Å²) < 4.78 is 54.4. The molecule has 0 unspecified atom stereocenters. The summed E-state index contributed by atoms with van der Waals surface area (Å²) in [4.78, 5) is 9.84. The van der Waals surface area contributed by atoms with Crippen molar-refractivity contribution in [2.45, 2.75) is 0 Å². The van der Waals surface area contributed by atoms with Crippen LogP contribution in [0.1, 0.15) is 0 Å². The molecule has 0 aromatic heterocycles. The standard InChI is InChI=1S/CH3NO8S2/c3-1(4)2(11(5,6)7)12(8,9)10/h(H,3,4)(H,5,6,7)(H,8,9,10). The first kappa shape index (κ1) is 11.1. The molecule has 9 nitrogen and oxygen atoms in total. The fourth-order valence-electron chi connectivity index (χ4n) is 0.316. The zero-order valence-corrected chi connectivity index (χ0v) is 6.78. The fourth-order valence-corrected chi connectivity index (χ4v) is 1.66. The lowest BCUT2D eigenvalue weighted by atomic mass is 11.3. The molecular weight excluding hydrogens is 218 g/mol. The van der Waals surface area contributed by atoms with Gasteiger partial charge >= 0.3 is 26.7 Å². The summed E-state index contributed by atoms with van der Waals surface area (Å²) in [7, 11) is -11.1. The largest absolute Gasteiger partial charge is 0.463 e. The Hall–Kier alpha value is -0.910. The Kier molecular flexibility index (Phi) is 2.64. The predicted molar refractivity (Wildman–Crippen MR) is 33.0 cm³/mol. The smallest absolute Gasteiger partial charge is 0.439 e. The Morgan fingerprint density at radius 3 is 1.25 bits per heavy atom. The van der Waals surface area contributed by atoms with Gasteiger partial charge in [0.1, 0.15) is 0 Å². The van der Waals surface area contributed by atoms with E-state index in [2.05, 4.69) is 0 Å². The minimum absolute atomic E-state index is 1.49. The van der Waals surface area contributed by atoms with Crippen LogP contribution in [0.2, 0.25) is 0 Å². The van der Waals surface area contributed by atoms with Crippen molar-refractivity contribution in [2.24, 2.45) is 0 Å². The van der Waals surface area contributed by atoms with Gasteiger partial charge in [0.05, 0.1) is 0 Å². The highest BCUT2D eigenvalue weighted by Gasteiger charge is 2.36. The number of hydrogen-bond donors (Lipinski definition) is 3. The first-order chi connectivity index (χ1) is 5.07. The second-order valence-electron chi connectivity index (χ2n) is 1.44. The first-order valence-electron chi connectivity index (χ1n) is 2.05. The summed E-state index contributed by atoms with van der Waals surface area (Å²) in [5.74, 6) is 0. The van der Waals surface area contributed by atoms with Gasteiger partial charge in [0.25, 0.3) is 0 Å². The number of hydrogen-bond acceptors (Lipinski definition) is 5. The lowest BCUT2D eigenvalue weighted by molar-refractivity contribution is 0.183. The van der Waals surface area contributed by atoms with Gasteiger partial charge in [-0.1, -0.05) is 0 Å². The molecule has 0 aliphatic carbocycles. The Morgan fingerprint density at radius 2 is 1.25 bits per heavy atom. The molecule has 0 atom stereocenters. The molecule has 0 rings (SSSR count). The molecule has 0 aliphatic rings. The van der Waals surface area contributed by atoms with Crippen LogP contribution in [0, 0.1) is 0 Å². The van der Waals surface area contributed by atoms with E-state index in [0.717, 1.165) is 0 Å². The van der Waals surface area contributed by atoms with E-state index in [-0.39, 0.29) is 0 Å². The van der Waals surface area contributed by atoms with Gasteiger partial charge in [-0.15, -0.1) is 0 Å². The van der Waals surface area contributed by atoms with Crippen molar-refractivity contribution in [2.75, 3.05) is 0 Å². The Balaban J connectivity index is 5.42. The van der Waals surface area contributed by atoms with Gasteiger partial charge in [-0.3, -0.25) is 9.11 Å². The van der Waals surface area contributed by atoms with Crippen LogP contribution in [0.25, 0.3) is 0 Å². The summed E-state index contributed by atoms with van der Waals surface area (Å²) in [5.41, 5.74) is 0. The van der Waals surface area contributed by atoms with E-state index < -0.39 is 30.4 Å². The second-order valence-corrected chi connectivity index (χ2v) is 4.19. The summed E-state index contributed by atoms with van der Waals surface area (Å²) in [6.07, 6.45) is -2.54. The normalized spacial score (nSPS) is 12.5. The van der Waals surface area contributed by atoms with Gasteiger partial charge in [-0.05, 0) is 3.71 Å². The third-order valence-corrected chi connectivity index (χ3v) is 2.86. The number of carboxylic acid groups (broad SMARTS) is 1. The van der Waals surface area contributed by atoms with Crippen molar-refractivity contribution < 1.29 is 35.8 Å². The molecule has 0 saturated carbocycles. The average molecular weight is 221 g/mol. The molecule has 0 radical (unpaired) electrons. The number of rotatable bonds is 2. The molecule has 0 aromatic rings. The molecule has 0 spiro atoms. The van der Waals surface area contributed by atoms with E-state index in [1.54, 1.807) is 0 Å². The summed E-state index contributed by atoms with van der Waals surface area (Å²) >= 11 is 0. The van der Waals surface area contributed by atoms with Crippen molar-refractivity contribution in [1.82, 2.24) is 3.71 Å². The van der Waals surface area contributed by atoms with Crippen LogP contribution in [0.4, 0.5) is 4.79 Å². The van der Waals surface area contributed by atoms with Gasteiger partial charge in [0, 0.05) is 0 Å². The molecule has 12 heavy (non-hydrogen) atoms. The minimum Gasteiger partial charge on any atom is -0.463 e. The molecule has 0 fully saturated rings. The second kappa shape index (κ2) is 2.85.